The molecule has 0 aliphatic heterocycles. The first kappa shape index (κ1) is 12.5. The third-order valence-electron chi connectivity index (χ3n) is 2.79. The maximum Gasteiger partial charge on any atom is 0.142 e. The zero-order chi connectivity index (χ0) is 13.1. The molecule has 0 aliphatic rings. The van der Waals surface area contributed by atoms with Crippen LogP contribution in [0, 0.1) is 6.92 Å². The van der Waals surface area contributed by atoms with Crippen LogP contribution < -0.4 is 10.6 Å². The molecule has 2 N–H and O–H groups in total. The van der Waals surface area contributed by atoms with E-state index in [1.54, 1.807) is 6.20 Å². The highest BCUT2D eigenvalue weighted by atomic mass is 32.1. The van der Waals surface area contributed by atoms with Gasteiger partial charge in [0.2, 0.25) is 0 Å². The van der Waals surface area contributed by atoms with Crippen LogP contribution >= 0.6 is 12.2 Å². The Labute approximate surface area is 112 Å². The second kappa shape index (κ2) is 5.14. The molecular weight excluding hydrogens is 242 g/mol. The van der Waals surface area contributed by atoms with Gasteiger partial charge >= 0.3 is 0 Å². The van der Waals surface area contributed by atoms with Crippen LogP contribution in [-0.4, -0.2) is 17.0 Å². The number of thiocarbonyl (C=S) groups is 1. The Morgan fingerprint density at radius 1 is 1.22 bits per heavy atom. The highest BCUT2D eigenvalue weighted by molar-refractivity contribution is 7.80. The summed E-state index contributed by atoms with van der Waals surface area (Å²) in [5.41, 5.74) is 8.78. The van der Waals surface area contributed by atoms with E-state index in [9.17, 15) is 0 Å². The lowest BCUT2D eigenvalue weighted by Gasteiger charge is -2.20. The van der Waals surface area contributed by atoms with Crippen LogP contribution in [0.1, 0.15) is 11.1 Å². The Balaban J connectivity index is 2.42. The van der Waals surface area contributed by atoms with E-state index in [1.165, 1.54) is 5.56 Å². The normalized spacial score (nSPS) is 10.1. The van der Waals surface area contributed by atoms with Crippen molar-refractivity contribution in [2.45, 2.75) is 6.92 Å². The molecule has 92 valence electrons. The van der Waals surface area contributed by atoms with Gasteiger partial charge in [0.25, 0.3) is 0 Å². The van der Waals surface area contributed by atoms with Crippen LogP contribution in [0.25, 0.3) is 0 Å². The van der Waals surface area contributed by atoms with Gasteiger partial charge in [-0.1, -0.05) is 29.9 Å². The molecule has 0 bridgehead atoms. The molecule has 0 saturated heterocycles. The summed E-state index contributed by atoms with van der Waals surface area (Å²) >= 11 is 5.05. The van der Waals surface area contributed by atoms with Gasteiger partial charge in [-0.25, -0.2) is 4.98 Å². The van der Waals surface area contributed by atoms with Crippen LogP contribution in [0.4, 0.5) is 11.5 Å². The van der Waals surface area contributed by atoms with E-state index in [1.807, 2.05) is 36.2 Å². The fourth-order valence-electron chi connectivity index (χ4n) is 1.75. The maximum atomic E-state index is 5.72. The molecule has 1 aromatic carbocycles. The minimum Gasteiger partial charge on any atom is -0.389 e. The van der Waals surface area contributed by atoms with E-state index in [-0.39, 0.29) is 0 Å². The predicted molar refractivity (Wildman–Crippen MR) is 79.4 cm³/mol. The molecule has 0 saturated carbocycles. The molecule has 0 spiro atoms. The van der Waals surface area contributed by atoms with E-state index >= 15 is 0 Å². The van der Waals surface area contributed by atoms with Gasteiger partial charge in [0.1, 0.15) is 10.8 Å². The average molecular weight is 257 g/mol. The molecular formula is C14H15N3S. The Morgan fingerprint density at radius 2 is 1.89 bits per heavy atom. The van der Waals surface area contributed by atoms with Crippen molar-refractivity contribution < 1.29 is 0 Å². The largest absolute Gasteiger partial charge is 0.389 e. The van der Waals surface area contributed by atoms with Crippen molar-refractivity contribution in [2.24, 2.45) is 5.73 Å². The molecule has 0 unspecified atom stereocenters. The molecule has 2 rings (SSSR count). The third-order valence-corrected chi connectivity index (χ3v) is 3.01. The number of rotatable bonds is 3. The first-order valence-corrected chi connectivity index (χ1v) is 6.05. The van der Waals surface area contributed by atoms with Crippen LogP contribution in [0.5, 0.6) is 0 Å². The second-order valence-corrected chi connectivity index (χ2v) is 4.57. The van der Waals surface area contributed by atoms with Gasteiger partial charge in [0.15, 0.2) is 0 Å². The predicted octanol–water partition coefficient (Wildman–Crippen LogP) is 2.79. The van der Waals surface area contributed by atoms with E-state index in [0.717, 1.165) is 17.1 Å². The van der Waals surface area contributed by atoms with Gasteiger partial charge < -0.3 is 10.6 Å². The number of nitrogens with zero attached hydrogens (tertiary/aromatic N) is 2. The lowest BCUT2D eigenvalue weighted by Crippen LogP contribution is -2.18. The van der Waals surface area contributed by atoms with Crippen molar-refractivity contribution in [3.63, 3.8) is 0 Å². The summed E-state index contributed by atoms with van der Waals surface area (Å²) in [4.78, 5) is 6.70. The van der Waals surface area contributed by atoms with Gasteiger partial charge in [-0.3, -0.25) is 0 Å². The second-order valence-electron chi connectivity index (χ2n) is 4.13. The quantitative estimate of drug-likeness (QED) is 0.859. The van der Waals surface area contributed by atoms with Crippen molar-refractivity contribution >= 4 is 28.7 Å². The first-order chi connectivity index (χ1) is 8.59. The summed E-state index contributed by atoms with van der Waals surface area (Å²) in [6.45, 7) is 2.06. The number of hydrogen-bond acceptors (Lipinski definition) is 3. The van der Waals surface area contributed by atoms with Gasteiger partial charge in [0.05, 0.1) is 5.56 Å². The van der Waals surface area contributed by atoms with Crippen LogP contribution in [-0.2, 0) is 0 Å². The molecule has 0 amide bonds. The van der Waals surface area contributed by atoms with Gasteiger partial charge in [-0.15, -0.1) is 0 Å². The maximum absolute atomic E-state index is 5.72. The molecule has 0 aliphatic carbocycles. The number of pyridine rings is 1. The van der Waals surface area contributed by atoms with Crippen molar-refractivity contribution in [3.8, 4) is 0 Å². The number of anilines is 2. The molecule has 0 radical (unpaired) electrons. The fourth-order valence-corrected chi connectivity index (χ4v) is 1.91. The number of aryl methyl sites for hydroxylation is 1. The lowest BCUT2D eigenvalue weighted by molar-refractivity contribution is 1.12. The smallest absolute Gasteiger partial charge is 0.142 e. The van der Waals surface area contributed by atoms with Crippen LogP contribution in [0.3, 0.4) is 0 Å². The molecule has 2 aromatic rings. The van der Waals surface area contributed by atoms with Crippen LogP contribution in [0.15, 0.2) is 42.6 Å². The summed E-state index contributed by atoms with van der Waals surface area (Å²) in [6, 6.07) is 11.9. The SMILES string of the molecule is Cc1ccc(N(C)c2ncccc2C(N)=S)cc1. The third kappa shape index (κ3) is 2.49. The van der Waals surface area contributed by atoms with E-state index in [4.69, 9.17) is 18.0 Å². The summed E-state index contributed by atoms with van der Waals surface area (Å²) in [5.74, 6) is 0.772. The number of hydrogen-bond donors (Lipinski definition) is 1. The minimum atomic E-state index is 0.358. The average Bonchev–Trinajstić information content (AvgIpc) is 2.39. The molecule has 0 atom stereocenters. The summed E-state index contributed by atoms with van der Waals surface area (Å²) in [7, 11) is 1.95. The fraction of sp³-hybridized carbons (Fsp3) is 0.143. The lowest BCUT2D eigenvalue weighted by atomic mass is 10.2. The van der Waals surface area contributed by atoms with Gasteiger partial charge in [0, 0.05) is 18.9 Å². The van der Waals surface area contributed by atoms with E-state index in [2.05, 4.69) is 24.0 Å². The highest BCUT2D eigenvalue weighted by Gasteiger charge is 2.11. The first-order valence-electron chi connectivity index (χ1n) is 5.65. The van der Waals surface area contributed by atoms with Crippen molar-refractivity contribution in [1.82, 2.24) is 4.98 Å². The van der Waals surface area contributed by atoms with E-state index < -0.39 is 0 Å². The number of nitrogens with two attached hydrogens (primary N) is 1. The molecule has 0 fully saturated rings. The van der Waals surface area contributed by atoms with Crippen molar-refractivity contribution in [3.05, 3.63) is 53.7 Å². The van der Waals surface area contributed by atoms with Crippen molar-refractivity contribution in [2.75, 3.05) is 11.9 Å². The van der Waals surface area contributed by atoms with Crippen molar-refractivity contribution in [1.29, 1.82) is 0 Å². The zero-order valence-electron chi connectivity index (χ0n) is 10.4. The zero-order valence-corrected chi connectivity index (χ0v) is 11.2. The monoisotopic (exact) mass is 257 g/mol. The summed E-state index contributed by atoms with van der Waals surface area (Å²) in [5, 5.41) is 0. The van der Waals surface area contributed by atoms with Gasteiger partial charge in [-0.05, 0) is 31.2 Å². The Morgan fingerprint density at radius 3 is 2.50 bits per heavy atom. The summed E-state index contributed by atoms with van der Waals surface area (Å²) in [6.07, 6.45) is 1.74. The number of benzene rings is 1. The summed E-state index contributed by atoms with van der Waals surface area (Å²) < 4.78 is 0. The number of aromatic nitrogens is 1. The standard InChI is InChI=1S/C14H15N3S/c1-10-5-7-11(8-6-10)17(2)14-12(13(15)18)4-3-9-16-14/h3-9H,1-2H3,(H2,15,18). The molecule has 4 heteroatoms. The molecule has 18 heavy (non-hydrogen) atoms. The molecule has 1 aromatic heterocycles. The topological polar surface area (TPSA) is 42.2 Å². The molecule has 3 nitrogen and oxygen atoms in total. The Kier molecular flexibility index (Phi) is 3.58. The van der Waals surface area contributed by atoms with E-state index in [0.29, 0.717) is 4.99 Å². The molecule has 1 heterocycles. The Bertz CT molecular complexity index is 564. The minimum absolute atomic E-state index is 0.358. The Hall–Kier alpha value is -1.94. The highest BCUT2D eigenvalue weighted by Crippen LogP contribution is 2.24. The van der Waals surface area contributed by atoms with Gasteiger partial charge in [-0.2, -0.15) is 0 Å². The van der Waals surface area contributed by atoms with Crippen LogP contribution in [0.2, 0.25) is 0 Å².